The summed E-state index contributed by atoms with van der Waals surface area (Å²) in [4.78, 5) is 37.1. The number of carbonyl (C=O) groups is 2. The first-order valence-electron chi connectivity index (χ1n) is 13.7. The molecule has 0 amide bonds. The van der Waals surface area contributed by atoms with Crippen LogP contribution in [0.15, 0.2) is 71.1 Å². The maximum atomic E-state index is 14.1. The van der Waals surface area contributed by atoms with E-state index in [4.69, 9.17) is 9.47 Å². The Morgan fingerprint density at radius 1 is 1.09 bits per heavy atom. The molecular weight excluding hydrogens is 587 g/mol. The maximum absolute atomic E-state index is 14.1. The first-order chi connectivity index (χ1) is 20.7. The largest absolute Gasteiger partial charge is 0.491 e. The van der Waals surface area contributed by atoms with Crippen molar-refractivity contribution in [1.82, 2.24) is 10.6 Å². The molecule has 0 fully saturated rings. The Hall–Kier alpha value is -4.43. The molecule has 1 aliphatic heterocycles. The van der Waals surface area contributed by atoms with Gasteiger partial charge in [-0.1, -0.05) is 44.2 Å². The molecule has 0 aromatic heterocycles. The molecule has 0 saturated heterocycles. The van der Waals surface area contributed by atoms with Gasteiger partial charge < -0.3 is 30.0 Å². The molecule has 14 heteroatoms. The van der Waals surface area contributed by atoms with Crippen molar-refractivity contribution in [2.45, 2.75) is 51.4 Å². The van der Waals surface area contributed by atoms with E-state index in [1.54, 1.807) is 24.3 Å². The SMILES string of the molecule is COC(=O)C1=C(C(F)(F)F)NC(C)=C(C(=O)OCCc2ccc(OCC(O)CNC(C)C)cc2)C1c1ccccc1[N+](=O)[O-]. The molecule has 2 aromatic carbocycles. The van der Waals surface area contributed by atoms with Crippen molar-refractivity contribution in [1.29, 1.82) is 0 Å². The Bertz CT molecular complexity index is 1420. The molecule has 44 heavy (non-hydrogen) atoms. The highest BCUT2D eigenvalue weighted by Crippen LogP contribution is 2.45. The summed E-state index contributed by atoms with van der Waals surface area (Å²) in [5.41, 5.74) is -3.35. The number of esters is 2. The number of hydrogen-bond acceptors (Lipinski definition) is 10. The normalized spacial score (nSPS) is 16.0. The van der Waals surface area contributed by atoms with E-state index in [1.165, 1.54) is 25.1 Å². The monoisotopic (exact) mass is 621 g/mol. The number of aliphatic hydroxyl groups is 1. The lowest BCUT2D eigenvalue weighted by Gasteiger charge is -2.31. The minimum atomic E-state index is -5.08. The van der Waals surface area contributed by atoms with Crippen molar-refractivity contribution in [2.75, 3.05) is 26.9 Å². The zero-order valence-corrected chi connectivity index (χ0v) is 24.6. The van der Waals surface area contributed by atoms with Crippen LogP contribution in [-0.4, -0.2) is 67.2 Å². The van der Waals surface area contributed by atoms with Gasteiger partial charge in [-0.25, -0.2) is 9.59 Å². The summed E-state index contributed by atoms with van der Waals surface area (Å²) in [6, 6.07) is 11.9. The quantitative estimate of drug-likeness (QED) is 0.170. The van der Waals surface area contributed by atoms with Gasteiger partial charge in [-0.05, 0) is 24.6 Å². The van der Waals surface area contributed by atoms with Crippen LogP contribution in [0.2, 0.25) is 0 Å². The molecule has 0 saturated carbocycles. The van der Waals surface area contributed by atoms with Crippen LogP contribution in [0.5, 0.6) is 5.75 Å². The predicted molar refractivity (Wildman–Crippen MR) is 153 cm³/mol. The number of aliphatic hydroxyl groups excluding tert-OH is 1. The summed E-state index contributed by atoms with van der Waals surface area (Å²) in [5, 5.41) is 27.0. The standard InChI is InChI=1S/C30H34F3N3O8/c1-17(2)34-15-20(37)16-44-21-11-9-19(10-12-21)13-14-43-29(39)24-18(3)35-27(30(31,32)33)26(28(38)42-4)25(24)22-7-5-6-8-23(22)36(40)41/h5-12,17,20,25,34-35,37H,13-16H2,1-4H3. The lowest BCUT2D eigenvalue weighted by Crippen LogP contribution is -2.38. The second-order valence-electron chi connectivity index (χ2n) is 10.2. The minimum absolute atomic E-state index is 0.0813. The van der Waals surface area contributed by atoms with E-state index in [9.17, 15) is 38.0 Å². The summed E-state index contributed by atoms with van der Waals surface area (Å²) in [6.07, 6.45) is -5.57. The number of nitro benzene ring substituents is 1. The van der Waals surface area contributed by atoms with Crippen molar-refractivity contribution < 1.29 is 47.0 Å². The number of nitrogens with one attached hydrogen (secondary N) is 2. The molecular formula is C30H34F3N3O8. The predicted octanol–water partition coefficient (Wildman–Crippen LogP) is 4.07. The highest BCUT2D eigenvalue weighted by molar-refractivity contribution is 6.00. The molecule has 2 unspecified atom stereocenters. The fraction of sp³-hybridized carbons (Fsp3) is 0.400. The average Bonchev–Trinajstić information content (AvgIpc) is 2.98. The molecule has 2 aromatic rings. The Morgan fingerprint density at radius 2 is 1.75 bits per heavy atom. The van der Waals surface area contributed by atoms with Crippen LogP contribution in [0.4, 0.5) is 18.9 Å². The summed E-state index contributed by atoms with van der Waals surface area (Å²) in [7, 11) is 0.867. The third kappa shape index (κ3) is 8.57. The molecule has 0 aliphatic carbocycles. The van der Waals surface area contributed by atoms with Gasteiger partial charge in [0.2, 0.25) is 0 Å². The number of hydrogen-bond donors (Lipinski definition) is 3. The number of rotatable bonds is 13. The van der Waals surface area contributed by atoms with E-state index in [0.29, 0.717) is 12.3 Å². The van der Waals surface area contributed by atoms with Gasteiger partial charge in [-0.15, -0.1) is 0 Å². The van der Waals surface area contributed by atoms with Crippen molar-refractivity contribution in [2.24, 2.45) is 0 Å². The van der Waals surface area contributed by atoms with Gasteiger partial charge in [0.1, 0.15) is 24.2 Å². The molecule has 3 rings (SSSR count). The third-order valence-corrected chi connectivity index (χ3v) is 6.67. The van der Waals surface area contributed by atoms with Gasteiger partial charge in [0.15, 0.2) is 0 Å². The smallest absolute Gasteiger partial charge is 0.431 e. The minimum Gasteiger partial charge on any atom is -0.491 e. The summed E-state index contributed by atoms with van der Waals surface area (Å²) >= 11 is 0. The van der Waals surface area contributed by atoms with Crippen LogP contribution in [-0.2, 0) is 25.5 Å². The number of carbonyl (C=O) groups excluding carboxylic acids is 2. The van der Waals surface area contributed by atoms with Gasteiger partial charge >= 0.3 is 18.1 Å². The number of halogens is 3. The van der Waals surface area contributed by atoms with E-state index in [1.807, 2.05) is 13.8 Å². The zero-order chi connectivity index (χ0) is 32.6. The lowest BCUT2D eigenvalue weighted by molar-refractivity contribution is -0.385. The van der Waals surface area contributed by atoms with Gasteiger partial charge in [-0.2, -0.15) is 13.2 Å². The molecule has 238 valence electrons. The van der Waals surface area contributed by atoms with Crippen LogP contribution in [0.25, 0.3) is 0 Å². The molecule has 11 nitrogen and oxygen atoms in total. The molecule has 2 atom stereocenters. The van der Waals surface area contributed by atoms with Gasteiger partial charge in [0.25, 0.3) is 5.69 Å². The van der Waals surface area contributed by atoms with E-state index < -0.39 is 57.6 Å². The molecule has 0 bridgehead atoms. The number of dihydropyridines is 1. The second-order valence-corrected chi connectivity index (χ2v) is 10.2. The topological polar surface area (TPSA) is 149 Å². The number of methoxy groups -OCH3 is 1. The van der Waals surface area contributed by atoms with E-state index in [0.717, 1.165) is 18.7 Å². The van der Waals surface area contributed by atoms with E-state index >= 15 is 0 Å². The van der Waals surface area contributed by atoms with E-state index in [-0.39, 0.29) is 36.9 Å². The molecule has 1 aliphatic rings. The Kier molecular flexibility index (Phi) is 11.5. The highest BCUT2D eigenvalue weighted by atomic mass is 19.4. The Balaban J connectivity index is 1.81. The number of para-hydroxylation sites is 1. The first kappa shape index (κ1) is 34.1. The van der Waals surface area contributed by atoms with Crippen molar-refractivity contribution in [3.05, 3.63) is 92.3 Å². The van der Waals surface area contributed by atoms with Crippen LogP contribution in [0, 0.1) is 10.1 Å². The van der Waals surface area contributed by atoms with Crippen molar-refractivity contribution >= 4 is 17.6 Å². The number of alkyl halides is 3. The number of ether oxygens (including phenoxy) is 3. The Labute approximate surface area is 251 Å². The fourth-order valence-corrected chi connectivity index (χ4v) is 4.58. The third-order valence-electron chi connectivity index (χ3n) is 6.67. The first-order valence-corrected chi connectivity index (χ1v) is 13.7. The second kappa shape index (κ2) is 14.8. The maximum Gasteiger partial charge on any atom is 0.431 e. The van der Waals surface area contributed by atoms with Crippen LogP contribution in [0.3, 0.4) is 0 Å². The molecule has 1 heterocycles. The number of nitro groups is 1. The summed E-state index contributed by atoms with van der Waals surface area (Å²) in [6.45, 7) is 5.37. The Morgan fingerprint density at radius 3 is 2.34 bits per heavy atom. The van der Waals surface area contributed by atoms with Gasteiger partial charge in [-0.3, -0.25) is 10.1 Å². The van der Waals surface area contributed by atoms with Gasteiger partial charge in [0, 0.05) is 36.3 Å². The number of benzene rings is 2. The molecule has 0 radical (unpaired) electrons. The number of allylic oxidation sites excluding steroid dienone is 2. The lowest BCUT2D eigenvalue weighted by atomic mass is 9.79. The van der Waals surface area contributed by atoms with E-state index in [2.05, 4.69) is 15.4 Å². The molecule has 0 spiro atoms. The van der Waals surface area contributed by atoms with Crippen LogP contribution >= 0.6 is 0 Å². The van der Waals surface area contributed by atoms with Crippen molar-refractivity contribution in [3.63, 3.8) is 0 Å². The van der Waals surface area contributed by atoms with Crippen LogP contribution < -0.4 is 15.4 Å². The highest BCUT2D eigenvalue weighted by Gasteiger charge is 2.48. The van der Waals surface area contributed by atoms with Gasteiger partial charge in [0.05, 0.1) is 35.7 Å². The average molecular weight is 622 g/mol. The van der Waals surface area contributed by atoms with Crippen molar-refractivity contribution in [3.8, 4) is 5.75 Å². The number of nitrogens with zero attached hydrogens (tertiary/aromatic N) is 1. The zero-order valence-electron chi connectivity index (χ0n) is 24.6. The summed E-state index contributed by atoms with van der Waals surface area (Å²) < 4.78 is 57.9. The summed E-state index contributed by atoms with van der Waals surface area (Å²) in [5.74, 6) is -3.78. The van der Waals surface area contributed by atoms with Crippen LogP contribution in [0.1, 0.15) is 37.8 Å². The molecule has 3 N–H and O–H groups in total. The fourth-order valence-electron chi connectivity index (χ4n) is 4.58.